The molecule has 4 heteroatoms. The number of carbonyl (C=O) groups excluding carboxylic acids is 1. The van der Waals surface area contributed by atoms with Crippen LogP contribution in [-0.4, -0.2) is 50.8 Å². The smallest absolute Gasteiger partial charge is 0.306 e. The largest absolute Gasteiger partial charge is 0.469 e. The molecule has 0 amide bonds. The molecule has 2 fully saturated rings. The molecule has 2 saturated heterocycles. The van der Waals surface area contributed by atoms with Crippen molar-refractivity contribution in [2.24, 2.45) is 11.8 Å². The first kappa shape index (κ1) is 13.8. The predicted octanol–water partition coefficient (Wildman–Crippen LogP) is 1.69. The maximum atomic E-state index is 11.1. The topological polar surface area (TPSA) is 38.8 Å². The standard InChI is InChI=1S/C14H25NO3/c1-17-14(16)4-9-15-7-2-12(3-8-15)13-5-10-18-11-6-13/h12-13H,2-11H2,1H3. The average Bonchev–Trinajstić information content (AvgIpc) is 2.46. The Morgan fingerprint density at radius 1 is 1.17 bits per heavy atom. The summed E-state index contributed by atoms with van der Waals surface area (Å²) in [4.78, 5) is 13.5. The monoisotopic (exact) mass is 255 g/mol. The lowest BCUT2D eigenvalue weighted by atomic mass is 9.80. The SMILES string of the molecule is COC(=O)CCN1CCC(C2CCOCC2)CC1. The van der Waals surface area contributed by atoms with E-state index in [1.807, 2.05) is 0 Å². The first-order valence-electron chi connectivity index (χ1n) is 7.16. The van der Waals surface area contributed by atoms with Crippen LogP contribution < -0.4 is 0 Å². The van der Waals surface area contributed by atoms with Gasteiger partial charge in [-0.05, 0) is 50.6 Å². The number of piperidine rings is 1. The molecular formula is C14H25NO3. The van der Waals surface area contributed by atoms with Gasteiger partial charge in [0.15, 0.2) is 0 Å². The van der Waals surface area contributed by atoms with Gasteiger partial charge in [0.1, 0.15) is 0 Å². The lowest BCUT2D eigenvalue weighted by Gasteiger charge is -2.37. The van der Waals surface area contributed by atoms with Gasteiger partial charge in [-0.15, -0.1) is 0 Å². The summed E-state index contributed by atoms with van der Waals surface area (Å²) in [7, 11) is 1.46. The summed E-state index contributed by atoms with van der Waals surface area (Å²) >= 11 is 0. The van der Waals surface area contributed by atoms with Crippen LogP contribution in [0.5, 0.6) is 0 Å². The lowest BCUT2D eigenvalue weighted by molar-refractivity contribution is -0.141. The Hall–Kier alpha value is -0.610. The van der Waals surface area contributed by atoms with E-state index in [0.717, 1.165) is 44.7 Å². The maximum absolute atomic E-state index is 11.1. The van der Waals surface area contributed by atoms with Gasteiger partial charge in [0.25, 0.3) is 0 Å². The fourth-order valence-corrected chi connectivity index (χ4v) is 3.19. The quantitative estimate of drug-likeness (QED) is 0.717. The molecule has 0 bridgehead atoms. The first-order valence-corrected chi connectivity index (χ1v) is 7.16. The minimum absolute atomic E-state index is 0.0958. The molecule has 0 unspecified atom stereocenters. The molecule has 0 aromatic carbocycles. The van der Waals surface area contributed by atoms with E-state index in [2.05, 4.69) is 9.64 Å². The molecular weight excluding hydrogens is 230 g/mol. The highest BCUT2D eigenvalue weighted by Gasteiger charge is 2.27. The summed E-state index contributed by atoms with van der Waals surface area (Å²) in [6, 6.07) is 0. The van der Waals surface area contributed by atoms with Crippen molar-refractivity contribution in [2.45, 2.75) is 32.1 Å². The Balaban J connectivity index is 1.66. The molecule has 2 rings (SSSR count). The highest BCUT2D eigenvalue weighted by molar-refractivity contribution is 5.69. The zero-order chi connectivity index (χ0) is 12.8. The van der Waals surface area contributed by atoms with Crippen molar-refractivity contribution in [3.63, 3.8) is 0 Å². The molecule has 2 heterocycles. The molecule has 0 atom stereocenters. The fourth-order valence-electron chi connectivity index (χ4n) is 3.19. The van der Waals surface area contributed by atoms with Gasteiger partial charge < -0.3 is 14.4 Å². The zero-order valence-electron chi connectivity index (χ0n) is 11.4. The van der Waals surface area contributed by atoms with Crippen molar-refractivity contribution in [2.75, 3.05) is 40.0 Å². The van der Waals surface area contributed by atoms with Crippen LogP contribution in [0.4, 0.5) is 0 Å². The lowest BCUT2D eigenvalue weighted by Crippen LogP contribution is -2.38. The average molecular weight is 255 g/mol. The van der Waals surface area contributed by atoms with Crippen LogP contribution in [0.1, 0.15) is 32.1 Å². The molecule has 0 aromatic rings. The Morgan fingerprint density at radius 2 is 1.78 bits per heavy atom. The van der Waals surface area contributed by atoms with Crippen LogP contribution in [0.3, 0.4) is 0 Å². The number of nitrogens with zero attached hydrogens (tertiary/aromatic N) is 1. The van der Waals surface area contributed by atoms with Gasteiger partial charge in [-0.2, -0.15) is 0 Å². The van der Waals surface area contributed by atoms with Crippen molar-refractivity contribution in [1.82, 2.24) is 4.90 Å². The van der Waals surface area contributed by atoms with Gasteiger partial charge in [-0.1, -0.05) is 0 Å². The Bertz CT molecular complexity index is 256. The molecule has 4 nitrogen and oxygen atoms in total. The van der Waals surface area contributed by atoms with Crippen molar-refractivity contribution in [3.05, 3.63) is 0 Å². The van der Waals surface area contributed by atoms with Crippen LogP contribution in [0.2, 0.25) is 0 Å². The fraction of sp³-hybridized carbons (Fsp3) is 0.929. The minimum atomic E-state index is -0.0958. The number of esters is 1. The van der Waals surface area contributed by atoms with Gasteiger partial charge in [0.2, 0.25) is 0 Å². The molecule has 0 radical (unpaired) electrons. The zero-order valence-corrected chi connectivity index (χ0v) is 11.4. The number of methoxy groups -OCH3 is 1. The van der Waals surface area contributed by atoms with E-state index in [4.69, 9.17) is 4.74 Å². The molecule has 0 aliphatic carbocycles. The van der Waals surface area contributed by atoms with E-state index < -0.39 is 0 Å². The predicted molar refractivity (Wildman–Crippen MR) is 69.3 cm³/mol. The van der Waals surface area contributed by atoms with Gasteiger partial charge in [0, 0.05) is 19.8 Å². The van der Waals surface area contributed by atoms with Crippen LogP contribution in [0, 0.1) is 11.8 Å². The highest BCUT2D eigenvalue weighted by Crippen LogP contribution is 2.31. The third kappa shape index (κ3) is 3.95. The molecule has 0 saturated carbocycles. The Kier molecular flexibility index (Phi) is 5.45. The summed E-state index contributed by atoms with van der Waals surface area (Å²) < 4.78 is 10.1. The number of rotatable bonds is 4. The molecule has 104 valence electrons. The number of likely N-dealkylation sites (tertiary alicyclic amines) is 1. The van der Waals surface area contributed by atoms with Gasteiger partial charge >= 0.3 is 5.97 Å². The minimum Gasteiger partial charge on any atom is -0.469 e. The van der Waals surface area contributed by atoms with Gasteiger partial charge in [-0.25, -0.2) is 0 Å². The molecule has 18 heavy (non-hydrogen) atoms. The van der Waals surface area contributed by atoms with E-state index >= 15 is 0 Å². The van der Waals surface area contributed by atoms with E-state index in [1.165, 1.54) is 32.8 Å². The van der Waals surface area contributed by atoms with Crippen LogP contribution in [0.15, 0.2) is 0 Å². The van der Waals surface area contributed by atoms with Crippen molar-refractivity contribution < 1.29 is 14.3 Å². The molecule has 2 aliphatic rings. The van der Waals surface area contributed by atoms with E-state index in [0.29, 0.717) is 6.42 Å². The number of hydrogen-bond donors (Lipinski definition) is 0. The normalized spacial score (nSPS) is 24.1. The highest BCUT2D eigenvalue weighted by atomic mass is 16.5. The summed E-state index contributed by atoms with van der Waals surface area (Å²) in [5.74, 6) is 1.66. The van der Waals surface area contributed by atoms with Crippen LogP contribution >= 0.6 is 0 Å². The van der Waals surface area contributed by atoms with Gasteiger partial charge in [0.05, 0.1) is 13.5 Å². The molecule has 2 aliphatic heterocycles. The van der Waals surface area contributed by atoms with E-state index in [9.17, 15) is 4.79 Å². The molecule has 0 aromatic heterocycles. The Labute approximate surface area is 110 Å². The van der Waals surface area contributed by atoms with E-state index in [-0.39, 0.29) is 5.97 Å². The number of hydrogen-bond acceptors (Lipinski definition) is 4. The second kappa shape index (κ2) is 7.10. The van der Waals surface area contributed by atoms with Crippen molar-refractivity contribution >= 4 is 5.97 Å². The van der Waals surface area contributed by atoms with Gasteiger partial charge in [-0.3, -0.25) is 4.79 Å². The second-order valence-corrected chi connectivity index (χ2v) is 5.46. The Morgan fingerprint density at radius 3 is 2.39 bits per heavy atom. The molecule has 0 spiro atoms. The van der Waals surface area contributed by atoms with Crippen LogP contribution in [-0.2, 0) is 14.3 Å². The first-order chi connectivity index (χ1) is 8.79. The number of carbonyl (C=O) groups is 1. The van der Waals surface area contributed by atoms with E-state index in [1.54, 1.807) is 0 Å². The van der Waals surface area contributed by atoms with Crippen LogP contribution in [0.25, 0.3) is 0 Å². The maximum Gasteiger partial charge on any atom is 0.306 e. The third-order valence-corrected chi connectivity index (χ3v) is 4.42. The van der Waals surface area contributed by atoms with Crippen molar-refractivity contribution in [1.29, 1.82) is 0 Å². The van der Waals surface area contributed by atoms with Crippen molar-refractivity contribution in [3.8, 4) is 0 Å². The molecule has 0 N–H and O–H groups in total. The third-order valence-electron chi connectivity index (χ3n) is 4.42. The summed E-state index contributed by atoms with van der Waals surface area (Å²) in [5.41, 5.74) is 0. The second-order valence-electron chi connectivity index (χ2n) is 5.46. The number of ether oxygens (including phenoxy) is 2. The summed E-state index contributed by atoms with van der Waals surface area (Å²) in [6.45, 7) is 5.03. The summed E-state index contributed by atoms with van der Waals surface area (Å²) in [6.07, 6.45) is 5.58. The summed E-state index contributed by atoms with van der Waals surface area (Å²) in [5, 5.41) is 0.